The van der Waals surface area contributed by atoms with Crippen molar-refractivity contribution in [1.29, 1.82) is 0 Å². The van der Waals surface area contributed by atoms with Gasteiger partial charge in [0.05, 0.1) is 0 Å². The number of aromatic nitrogens is 1. The summed E-state index contributed by atoms with van der Waals surface area (Å²) in [5.41, 5.74) is 0. The van der Waals surface area contributed by atoms with E-state index in [1.807, 2.05) is 5.38 Å². The molecular weight excluding hydrogens is 124 g/mol. The van der Waals surface area contributed by atoms with Crippen molar-refractivity contribution in [3.05, 3.63) is 16.6 Å². The summed E-state index contributed by atoms with van der Waals surface area (Å²) in [5.74, 6) is 0. The van der Waals surface area contributed by atoms with Crippen LogP contribution in [0.25, 0.3) is 0 Å². The van der Waals surface area contributed by atoms with Crippen molar-refractivity contribution in [3.63, 3.8) is 0 Å². The van der Waals surface area contributed by atoms with Gasteiger partial charge in [0.2, 0.25) is 0 Å². The third kappa shape index (κ3) is 1.04. The molecule has 1 aromatic heterocycles. The summed E-state index contributed by atoms with van der Waals surface area (Å²) in [6, 6.07) is 0. The zero-order chi connectivity index (χ0) is 5.82. The number of thiazole rings is 1. The van der Waals surface area contributed by atoms with E-state index in [0.717, 1.165) is 0 Å². The SMILES string of the molecule is ON=Cc1nccs1. The van der Waals surface area contributed by atoms with Crippen LogP contribution in [0.3, 0.4) is 0 Å². The molecule has 0 aliphatic heterocycles. The van der Waals surface area contributed by atoms with E-state index in [0.29, 0.717) is 5.01 Å². The Morgan fingerprint density at radius 2 is 2.75 bits per heavy atom. The Labute approximate surface area is 50.3 Å². The van der Waals surface area contributed by atoms with Crippen molar-refractivity contribution in [1.82, 2.24) is 4.98 Å². The Morgan fingerprint density at radius 3 is 3.25 bits per heavy atom. The van der Waals surface area contributed by atoms with E-state index in [1.165, 1.54) is 17.6 Å². The molecule has 0 aliphatic carbocycles. The van der Waals surface area contributed by atoms with Gasteiger partial charge in [0.1, 0.15) is 11.2 Å². The average molecular weight is 128 g/mol. The Balaban J connectivity index is 2.77. The molecule has 4 heteroatoms. The zero-order valence-electron chi connectivity index (χ0n) is 3.98. The van der Waals surface area contributed by atoms with Crippen molar-refractivity contribution < 1.29 is 5.21 Å². The Hall–Kier alpha value is -0.900. The highest BCUT2D eigenvalue weighted by molar-refractivity contribution is 7.11. The normalized spacial score (nSPS) is 10.5. The van der Waals surface area contributed by atoms with E-state index in [4.69, 9.17) is 5.21 Å². The molecule has 0 aromatic carbocycles. The van der Waals surface area contributed by atoms with Crippen LogP contribution in [0.1, 0.15) is 5.01 Å². The van der Waals surface area contributed by atoms with Gasteiger partial charge in [0, 0.05) is 11.6 Å². The lowest BCUT2D eigenvalue weighted by atomic mass is 10.8. The van der Waals surface area contributed by atoms with Gasteiger partial charge in [-0.1, -0.05) is 5.16 Å². The fourth-order valence-corrected chi connectivity index (χ4v) is 0.838. The quantitative estimate of drug-likeness (QED) is 0.347. The molecule has 1 N–H and O–H groups in total. The van der Waals surface area contributed by atoms with Crippen LogP contribution >= 0.6 is 11.3 Å². The molecule has 0 spiro atoms. The van der Waals surface area contributed by atoms with Gasteiger partial charge < -0.3 is 5.21 Å². The van der Waals surface area contributed by atoms with E-state index < -0.39 is 0 Å². The van der Waals surface area contributed by atoms with Gasteiger partial charge >= 0.3 is 0 Å². The molecule has 0 saturated carbocycles. The monoisotopic (exact) mass is 128 g/mol. The average Bonchev–Trinajstić information content (AvgIpc) is 2.19. The topological polar surface area (TPSA) is 45.5 Å². The Kier molecular flexibility index (Phi) is 1.58. The van der Waals surface area contributed by atoms with Crippen molar-refractivity contribution in [2.45, 2.75) is 0 Å². The number of nitrogens with zero attached hydrogens (tertiary/aromatic N) is 2. The molecule has 1 heterocycles. The molecule has 1 rings (SSSR count). The fraction of sp³-hybridized carbons (Fsp3) is 0. The standard InChI is InChI=1S/C4H4N2OS/c7-6-3-4-5-1-2-8-4/h1-3,7H. The van der Waals surface area contributed by atoms with Crippen molar-refractivity contribution >= 4 is 17.6 Å². The first-order chi connectivity index (χ1) is 3.93. The van der Waals surface area contributed by atoms with E-state index >= 15 is 0 Å². The predicted molar refractivity (Wildman–Crippen MR) is 31.5 cm³/mol. The summed E-state index contributed by atoms with van der Waals surface area (Å²) >= 11 is 1.43. The molecule has 8 heavy (non-hydrogen) atoms. The maximum atomic E-state index is 7.97. The van der Waals surface area contributed by atoms with Gasteiger partial charge in [-0.05, 0) is 0 Å². The Bertz CT molecular complexity index is 170. The van der Waals surface area contributed by atoms with E-state index in [9.17, 15) is 0 Å². The van der Waals surface area contributed by atoms with Crippen LogP contribution in [0.4, 0.5) is 0 Å². The van der Waals surface area contributed by atoms with Crippen molar-refractivity contribution in [2.24, 2.45) is 5.16 Å². The maximum Gasteiger partial charge on any atom is 0.137 e. The largest absolute Gasteiger partial charge is 0.411 e. The highest BCUT2D eigenvalue weighted by Gasteiger charge is 1.84. The first kappa shape index (κ1) is 5.24. The smallest absolute Gasteiger partial charge is 0.137 e. The lowest BCUT2D eigenvalue weighted by molar-refractivity contribution is 0.322. The van der Waals surface area contributed by atoms with Gasteiger partial charge in [-0.2, -0.15) is 0 Å². The first-order valence-electron chi connectivity index (χ1n) is 2.00. The minimum Gasteiger partial charge on any atom is -0.411 e. The molecule has 0 saturated heterocycles. The lowest BCUT2D eigenvalue weighted by Gasteiger charge is -1.72. The minimum atomic E-state index is 0.715. The maximum absolute atomic E-state index is 7.97. The van der Waals surface area contributed by atoms with Gasteiger partial charge in [0.15, 0.2) is 0 Å². The van der Waals surface area contributed by atoms with Gasteiger partial charge in [-0.25, -0.2) is 4.98 Å². The molecule has 0 fully saturated rings. The number of rotatable bonds is 1. The van der Waals surface area contributed by atoms with Crippen LogP contribution in [0.15, 0.2) is 16.7 Å². The molecule has 0 atom stereocenters. The van der Waals surface area contributed by atoms with Crippen LogP contribution in [-0.2, 0) is 0 Å². The number of hydrogen-bond acceptors (Lipinski definition) is 4. The summed E-state index contributed by atoms with van der Waals surface area (Å²) in [7, 11) is 0. The summed E-state index contributed by atoms with van der Waals surface area (Å²) in [5, 5.41) is 13.3. The second-order valence-electron chi connectivity index (χ2n) is 1.11. The van der Waals surface area contributed by atoms with Crippen molar-refractivity contribution in [3.8, 4) is 0 Å². The van der Waals surface area contributed by atoms with Crippen LogP contribution in [0.5, 0.6) is 0 Å². The predicted octanol–water partition coefficient (Wildman–Crippen LogP) is 0.951. The molecule has 0 aliphatic rings. The molecule has 0 unspecified atom stereocenters. The lowest BCUT2D eigenvalue weighted by Crippen LogP contribution is -1.73. The number of hydrogen-bond donors (Lipinski definition) is 1. The van der Waals surface area contributed by atoms with E-state index in [1.54, 1.807) is 6.20 Å². The summed E-state index contributed by atoms with van der Waals surface area (Å²) < 4.78 is 0. The van der Waals surface area contributed by atoms with Gasteiger partial charge in [0.25, 0.3) is 0 Å². The summed E-state index contributed by atoms with van der Waals surface area (Å²) in [6.07, 6.45) is 2.95. The van der Waals surface area contributed by atoms with Crippen LogP contribution in [-0.4, -0.2) is 16.4 Å². The van der Waals surface area contributed by atoms with E-state index in [-0.39, 0.29) is 0 Å². The molecule has 0 bridgehead atoms. The zero-order valence-corrected chi connectivity index (χ0v) is 4.80. The van der Waals surface area contributed by atoms with Crippen molar-refractivity contribution in [2.75, 3.05) is 0 Å². The van der Waals surface area contributed by atoms with E-state index in [2.05, 4.69) is 10.1 Å². The molecular formula is C4H4N2OS. The van der Waals surface area contributed by atoms with Gasteiger partial charge in [-0.3, -0.25) is 0 Å². The third-order valence-corrected chi connectivity index (χ3v) is 1.33. The molecule has 3 nitrogen and oxygen atoms in total. The highest BCUT2D eigenvalue weighted by atomic mass is 32.1. The molecule has 0 radical (unpaired) electrons. The third-order valence-electron chi connectivity index (χ3n) is 0.620. The van der Waals surface area contributed by atoms with Crippen LogP contribution in [0.2, 0.25) is 0 Å². The second-order valence-corrected chi connectivity index (χ2v) is 2.04. The minimum absolute atomic E-state index is 0.715. The molecule has 42 valence electrons. The summed E-state index contributed by atoms with van der Waals surface area (Å²) in [6.45, 7) is 0. The molecule has 1 aromatic rings. The Morgan fingerprint density at radius 1 is 1.88 bits per heavy atom. The van der Waals surface area contributed by atoms with Crippen LogP contribution < -0.4 is 0 Å². The fourth-order valence-electron chi connectivity index (χ4n) is 0.348. The second kappa shape index (κ2) is 2.42. The first-order valence-corrected chi connectivity index (χ1v) is 2.88. The van der Waals surface area contributed by atoms with Gasteiger partial charge in [-0.15, -0.1) is 11.3 Å². The summed E-state index contributed by atoms with van der Waals surface area (Å²) in [4.78, 5) is 3.82. The molecule has 0 amide bonds. The highest BCUT2D eigenvalue weighted by Crippen LogP contribution is 1.98. The number of oxime groups is 1. The van der Waals surface area contributed by atoms with Crippen LogP contribution in [0, 0.1) is 0 Å².